The summed E-state index contributed by atoms with van der Waals surface area (Å²) in [7, 11) is 0. The van der Waals surface area contributed by atoms with Crippen LogP contribution in [0.3, 0.4) is 0 Å². The maximum Gasteiger partial charge on any atom is 0.262 e. The highest BCUT2D eigenvalue weighted by molar-refractivity contribution is 7.18. The van der Waals surface area contributed by atoms with E-state index in [9.17, 15) is 14.9 Å². The molecule has 0 unspecified atom stereocenters. The van der Waals surface area contributed by atoms with Crippen molar-refractivity contribution in [1.29, 1.82) is 5.26 Å². The van der Waals surface area contributed by atoms with Gasteiger partial charge in [0.05, 0.1) is 17.8 Å². The van der Waals surface area contributed by atoms with Gasteiger partial charge < -0.3 is 5.32 Å². The van der Waals surface area contributed by atoms with Crippen LogP contribution in [-0.2, 0) is 17.8 Å². The van der Waals surface area contributed by atoms with E-state index >= 15 is 0 Å². The van der Waals surface area contributed by atoms with Crippen LogP contribution in [0.4, 0.5) is 0 Å². The molecule has 0 aromatic carbocycles. The van der Waals surface area contributed by atoms with E-state index < -0.39 is 5.54 Å². The Balaban J connectivity index is 1.81. The predicted octanol–water partition coefficient (Wildman–Crippen LogP) is 1.97. The Hall–Kier alpha value is -2.20. The van der Waals surface area contributed by atoms with Crippen LogP contribution in [-0.4, -0.2) is 21.0 Å². The Morgan fingerprint density at radius 1 is 1.52 bits per heavy atom. The zero-order valence-electron chi connectivity index (χ0n) is 13.0. The number of carbonyl (C=O) groups is 1. The van der Waals surface area contributed by atoms with Crippen molar-refractivity contribution in [2.45, 2.75) is 51.1 Å². The lowest BCUT2D eigenvalue weighted by atomic mass is 10.00. The van der Waals surface area contributed by atoms with Gasteiger partial charge in [-0.15, -0.1) is 11.3 Å². The van der Waals surface area contributed by atoms with Crippen LogP contribution in [0.1, 0.15) is 37.5 Å². The molecule has 1 aliphatic rings. The minimum Gasteiger partial charge on any atom is -0.336 e. The molecule has 0 saturated heterocycles. The molecule has 2 aromatic heterocycles. The number of carbonyl (C=O) groups excluding carboxylic acids is 1. The molecule has 1 N–H and O–H groups in total. The summed E-state index contributed by atoms with van der Waals surface area (Å²) in [4.78, 5) is 30.8. The maximum atomic E-state index is 12.5. The van der Waals surface area contributed by atoms with Gasteiger partial charge in [-0.3, -0.25) is 14.2 Å². The standard InChI is InChI=1S/C16H18N4O2S/c1-2-11-7-12-14(23-11)18-10-20(15(12)22)8-13(21)19-16(9-17)5-3-4-6-16/h7,10H,2-6,8H2,1H3,(H,19,21). The summed E-state index contributed by atoms with van der Waals surface area (Å²) in [6, 6.07) is 4.06. The number of amides is 1. The fourth-order valence-corrected chi connectivity index (χ4v) is 3.93. The molecule has 3 rings (SSSR count). The average Bonchev–Trinajstić information content (AvgIpc) is 3.17. The number of rotatable bonds is 4. The second-order valence-electron chi connectivity index (χ2n) is 5.91. The first-order chi connectivity index (χ1) is 11.1. The van der Waals surface area contributed by atoms with Crippen LogP contribution in [0.15, 0.2) is 17.2 Å². The van der Waals surface area contributed by atoms with Crippen LogP contribution >= 0.6 is 11.3 Å². The molecule has 1 amide bonds. The van der Waals surface area contributed by atoms with Gasteiger partial charge in [0.15, 0.2) is 0 Å². The fraction of sp³-hybridized carbons (Fsp3) is 0.500. The van der Waals surface area contributed by atoms with Crippen molar-refractivity contribution in [3.8, 4) is 6.07 Å². The van der Waals surface area contributed by atoms with E-state index in [-0.39, 0.29) is 18.0 Å². The molecular weight excluding hydrogens is 312 g/mol. The van der Waals surface area contributed by atoms with Crippen molar-refractivity contribution in [1.82, 2.24) is 14.9 Å². The number of hydrogen-bond acceptors (Lipinski definition) is 5. The Bertz CT molecular complexity index is 840. The van der Waals surface area contributed by atoms with Crippen molar-refractivity contribution >= 4 is 27.5 Å². The zero-order chi connectivity index (χ0) is 16.4. The first-order valence-electron chi connectivity index (χ1n) is 7.77. The summed E-state index contributed by atoms with van der Waals surface area (Å²) >= 11 is 1.50. The van der Waals surface area contributed by atoms with Crippen LogP contribution in [0.5, 0.6) is 0 Å². The topological polar surface area (TPSA) is 87.8 Å². The number of aryl methyl sites for hydroxylation is 1. The lowest BCUT2D eigenvalue weighted by molar-refractivity contribution is -0.123. The highest BCUT2D eigenvalue weighted by Crippen LogP contribution is 2.28. The highest BCUT2D eigenvalue weighted by Gasteiger charge is 2.35. The summed E-state index contributed by atoms with van der Waals surface area (Å²) < 4.78 is 1.31. The van der Waals surface area contributed by atoms with E-state index in [0.717, 1.165) is 24.1 Å². The lowest BCUT2D eigenvalue weighted by Crippen LogP contribution is -2.47. The number of thiophene rings is 1. The van der Waals surface area contributed by atoms with Crippen molar-refractivity contribution < 1.29 is 4.79 Å². The van der Waals surface area contributed by atoms with E-state index in [1.807, 2.05) is 13.0 Å². The predicted molar refractivity (Wildman–Crippen MR) is 88.2 cm³/mol. The number of aromatic nitrogens is 2. The third-order valence-corrected chi connectivity index (χ3v) is 5.47. The quantitative estimate of drug-likeness (QED) is 0.928. The molecule has 2 heterocycles. The molecule has 0 spiro atoms. The molecule has 0 aliphatic heterocycles. The van der Waals surface area contributed by atoms with Gasteiger partial charge >= 0.3 is 0 Å². The van der Waals surface area contributed by atoms with Crippen molar-refractivity contribution in [3.63, 3.8) is 0 Å². The summed E-state index contributed by atoms with van der Waals surface area (Å²) in [5, 5.41) is 12.7. The van der Waals surface area contributed by atoms with E-state index in [1.165, 1.54) is 22.2 Å². The molecule has 0 bridgehead atoms. The number of nitrogens with zero attached hydrogens (tertiary/aromatic N) is 3. The minimum atomic E-state index is -0.768. The largest absolute Gasteiger partial charge is 0.336 e. The van der Waals surface area contributed by atoms with Gasteiger partial charge in [-0.1, -0.05) is 6.92 Å². The third kappa shape index (κ3) is 2.99. The Morgan fingerprint density at radius 2 is 2.26 bits per heavy atom. The van der Waals surface area contributed by atoms with E-state index in [0.29, 0.717) is 23.1 Å². The van der Waals surface area contributed by atoms with Gasteiger partial charge in [-0.05, 0) is 38.2 Å². The summed E-state index contributed by atoms with van der Waals surface area (Å²) in [6.45, 7) is 1.92. The Morgan fingerprint density at radius 3 is 2.91 bits per heavy atom. The summed E-state index contributed by atoms with van der Waals surface area (Å²) in [5.41, 5.74) is -0.978. The van der Waals surface area contributed by atoms with Gasteiger partial charge in [0.2, 0.25) is 5.91 Å². The van der Waals surface area contributed by atoms with Gasteiger partial charge in [0, 0.05) is 4.88 Å². The van der Waals surface area contributed by atoms with Crippen molar-refractivity contribution in [2.24, 2.45) is 0 Å². The first-order valence-corrected chi connectivity index (χ1v) is 8.59. The Labute approximate surface area is 137 Å². The van der Waals surface area contributed by atoms with Gasteiger partial charge in [-0.25, -0.2) is 4.98 Å². The summed E-state index contributed by atoms with van der Waals surface area (Å²) in [6.07, 6.45) is 5.49. The normalized spacial score (nSPS) is 16.3. The zero-order valence-corrected chi connectivity index (χ0v) is 13.8. The number of hydrogen-bond donors (Lipinski definition) is 1. The second kappa shape index (κ2) is 6.13. The van der Waals surface area contributed by atoms with Crippen molar-refractivity contribution in [3.05, 3.63) is 27.6 Å². The van der Waals surface area contributed by atoms with E-state index in [4.69, 9.17) is 0 Å². The fourth-order valence-electron chi connectivity index (χ4n) is 3.00. The van der Waals surface area contributed by atoms with Crippen LogP contribution in [0.2, 0.25) is 0 Å². The molecule has 0 radical (unpaired) electrons. The molecule has 1 fully saturated rings. The monoisotopic (exact) mass is 330 g/mol. The lowest BCUT2D eigenvalue weighted by Gasteiger charge is -2.22. The molecule has 23 heavy (non-hydrogen) atoms. The van der Waals surface area contributed by atoms with Gasteiger partial charge in [0.25, 0.3) is 5.56 Å². The Kier molecular flexibility index (Phi) is 4.18. The van der Waals surface area contributed by atoms with Crippen LogP contribution in [0, 0.1) is 11.3 Å². The second-order valence-corrected chi connectivity index (χ2v) is 7.03. The van der Waals surface area contributed by atoms with Gasteiger partial charge in [-0.2, -0.15) is 5.26 Å². The molecule has 6 nitrogen and oxygen atoms in total. The number of nitriles is 1. The third-order valence-electron chi connectivity index (χ3n) is 4.28. The molecule has 2 aromatic rings. The SMILES string of the molecule is CCc1cc2c(=O)n(CC(=O)NC3(C#N)CCCC3)cnc2s1. The smallest absolute Gasteiger partial charge is 0.262 e. The minimum absolute atomic E-state index is 0.109. The van der Waals surface area contributed by atoms with E-state index in [2.05, 4.69) is 16.4 Å². The number of nitrogens with one attached hydrogen (secondary N) is 1. The molecule has 7 heteroatoms. The van der Waals surface area contributed by atoms with Gasteiger partial charge in [0.1, 0.15) is 16.9 Å². The molecule has 1 aliphatic carbocycles. The van der Waals surface area contributed by atoms with Crippen molar-refractivity contribution in [2.75, 3.05) is 0 Å². The molecular formula is C16H18N4O2S. The molecule has 0 atom stereocenters. The van der Waals surface area contributed by atoms with Crippen LogP contribution in [0.25, 0.3) is 10.2 Å². The van der Waals surface area contributed by atoms with E-state index in [1.54, 1.807) is 0 Å². The number of fused-ring (bicyclic) bond motifs is 1. The summed E-state index contributed by atoms with van der Waals surface area (Å²) in [5.74, 6) is -0.317. The van der Waals surface area contributed by atoms with Crippen LogP contribution < -0.4 is 10.9 Å². The molecule has 1 saturated carbocycles. The first kappa shape index (κ1) is 15.7. The average molecular weight is 330 g/mol. The molecule has 120 valence electrons. The maximum absolute atomic E-state index is 12.5. The highest BCUT2D eigenvalue weighted by atomic mass is 32.1.